The number of rotatable bonds is 3. The van der Waals surface area contributed by atoms with Crippen molar-refractivity contribution in [3.8, 4) is 17.2 Å². The fourth-order valence-electron chi connectivity index (χ4n) is 3.12. The van der Waals surface area contributed by atoms with Crippen LogP contribution < -0.4 is 19.8 Å². The topological polar surface area (TPSA) is 77.8 Å². The van der Waals surface area contributed by atoms with E-state index in [2.05, 4.69) is 10.1 Å². The average Bonchev–Trinajstić information content (AvgIpc) is 3.17. The molecule has 1 aromatic heterocycles. The Morgan fingerprint density at radius 1 is 1.40 bits per heavy atom. The van der Waals surface area contributed by atoms with Crippen molar-refractivity contribution >= 4 is 22.6 Å². The molecule has 4 rings (SSSR count). The van der Waals surface area contributed by atoms with Gasteiger partial charge in [0.15, 0.2) is 17.3 Å². The zero-order valence-electron chi connectivity index (χ0n) is 14.5. The molecule has 1 N–H and O–H groups in total. The first-order chi connectivity index (χ1) is 12.0. The van der Waals surface area contributed by atoms with E-state index >= 15 is 0 Å². The summed E-state index contributed by atoms with van der Waals surface area (Å²) >= 11 is 1.55. The third kappa shape index (κ3) is 2.52. The van der Waals surface area contributed by atoms with Crippen molar-refractivity contribution < 1.29 is 14.2 Å². The van der Waals surface area contributed by atoms with Gasteiger partial charge in [-0.1, -0.05) is 11.8 Å². The summed E-state index contributed by atoms with van der Waals surface area (Å²) in [5.74, 6) is 2.53. The minimum absolute atomic E-state index is 0.114. The molecule has 0 saturated heterocycles. The number of nitrogens with one attached hydrogen (secondary N) is 1. The molecule has 0 unspecified atom stereocenters. The van der Waals surface area contributed by atoms with Gasteiger partial charge in [-0.05, 0) is 38.5 Å². The van der Waals surface area contributed by atoms with Gasteiger partial charge in [-0.25, -0.2) is 4.99 Å². The van der Waals surface area contributed by atoms with E-state index in [-0.39, 0.29) is 23.6 Å². The van der Waals surface area contributed by atoms with Crippen LogP contribution in [0.3, 0.4) is 0 Å². The van der Waals surface area contributed by atoms with Gasteiger partial charge < -0.3 is 14.2 Å². The van der Waals surface area contributed by atoms with Gasteiger partial charge in [-0.15, -0.1) is 0 Å². The van der Waals surface area contributed by atoms with E-state index in [4.69, 9.17) is 14.2 Å². The number of H-pyrrole nitrogens is 1. The Balaban J connectivity index is 1.89. The molecular formula is C17H19N3O4S. The fraction of sp³-hybridized carbons (Fsp3) is 0.412. The second-order valence-electron chi connectivity index (χ2n) is 6.23. The van der Waals surface area contributed by atoms with Crippen LogP contribution in [0.1, 0.15) is 43.2 Å². The maximum Gasteiger partial charge on any atom is 0.271 e. The first-order valence-electron chi connectivity index (χ1n) is 8.03. The molecule has 0 bridgehead atoms. The highest BCUT2D eigenvalue weighted by Crippen LogP contribution is 2.49. The lowest BCUT2D eigenvalue weighted by atomic mass is 10.0. The normalized spacial score (nSPS) is 18.3. The molecule has 3 heterocycles. The fourth-order valence-corrected chi connectivity index (χ4v) is 4.20. The summed E-state index contributed by atoms with van der Waals surface area (Å²) < 4.78 is 18.2. The Morgan fingerprint density at radius 2 is 2.20 bits per heavy atom. The van der Waals surface area contributed by atoms with E-state index in [1.807, 2.05) is 37.6 Å². The van der Waals surface area contributed by atoms with Crippen molar-refractivity contribution in [1.82, 2.24) is 9.78 Å². The predicted molar refractivity (Wildman–Crippen MR) is 96.8 cm³/mol. The standard InChI is InChI=1S/C17H19N3O4S/c1-8(2)20-16-13(17(21)19-20)15(25-9(3)18-16)10-5-11(22-4)14-12(6-10)23-7-24-14/h5-6,8,15H,7H2,1-4H3,(H,19,21)/t15-/m1/s1. The van der Waals surface area contributed by atoms with Gasteiger partial charge in [0.1, 0.15) is 0 Å². The lowest BCUT2D eigenvalue weighted by Gasteiger charge is -2.22. The van der Waals surface area contributed by atoms with Crippen LogP contribution in [0.5, 0.6) is 17.2 Å². The van der Waals surface area contributed by atoms with E-state index < -0.39 is 0 Å². The molecule has 132 valence electrons. The molecule has 8 heteroatoms. The lowest BCUT2D eigenvalue weighted by Crippen LogP contribution is -2.13. The molecule has 1 atom stereocenters. The molecule has 2 aliphatic heterocycles. The van der Waals surface area contributed by atoms with Crippen LogP contribution in [-0.2, 0) is 0 Å². The van der Waals surface area contributed by atoms with E-state index in [0.29, 0.717) is 28.6 Å². The van der Waals surface area contributed by atoms with E-state index in [0.717, 1.165) is 10.6 Å². The molecule has 2 aromatic rings. The number of aromatic amines is 1. The van der Waals surface area contributed by atoms with Crippen molar-refractivity contribution in [2.24, 2.45) is 4.99 Å². The minimum atomic E-state index is -0.181. The van der Waals surface area contributed by atoms with Crippen LogP contribution in [0.2, 0.25) is 0 Å². The number of aliphatic imine (C=N–C) groups is 1. The van der Waals surface area contributed by atoms with Crippen molar-refractivity contribution in [3.05, 3.63) is 33.6 Å². The van der Waals surface area contributed by atoms with Gasteiger partial charge in [0.2, 0.25) is 12.5 Å². The van der Waals surface area contributed by atoms with Gasteiger partial charge in [-0.2, -0.15) is 0 Å². The number of methoxy groups -OCH3 is 1. The quantitative estimate of drug-likeness (QED) is 0.907. The van der Waals surface area contributed by atoms with Crippen LogP contribution in [0.15, 0.2) is 21.9 Å². The maximum atomic E-state index is 12.6. The first-order valence-corrected chi connectivity index (χ1v) is 8.91. The van der Waals surface area contributed by atoms with E-state index in [9.17, 15) is 4.79 Å². The summed E-state index contributed by atoms with van der Waals surface area (Å²) in [6.45, 7) is 6.15. The zero-order valence-corrected chi connectivity index (χ0v) is 15.3. The Bertz CT molecular complexity index is 929. The van der Waals surface area contributed by atoms with Crippen LogP contribution in [0.25, 0.3) is 0 Å². The number of ether oxygens (including phenoxy) is 3. The van der Waals surface area contributed by atoms with Gasteiger partial charge in [0.25, 0.3) is 5.56 Å². The van der Waals surface area contributed by atoms with Crippen molar-refractivity contribution in [2.75, 3.05) is 13.9 Å². The number of nitrogens with zero attached hydrogens (tertiary/aromatic N) is 2. The number of benzene rings is 1. The summed E-state index contributed by atoms with van der Waals surface area (Å²) in [6.07, 6.45) is 0. The lowest BCUT2D eigenvalue weighted by molar-refractivity contribution is 0.171. The highest BCUT2D eigenvalue weighted by molar-refractivity contribution is 8.14. The molecule has 7 nitrogen and oxygen atoms in total. The Morgan fingerprint density at radius 3 is 2.92 bits per heavy atom. The Labute approximate surface area is 149 Å². The molecule has 0 radical (unpaired) electrons. The van der Waals surface area contributed by atoms with Gasteiger partial charge in [-0.3, -0.25) is 14.6 Å². The third-order valence-electron chi connectivity index (χ3n) is 4.25. The molecule has 1 aromatic carbocycles. The SMILES string of the molecule is COc1cc([C@H]2SC(C)=Nc3c2c(=O)[nH]n3C(C)C)cc2c1OCO2. The Kier molecular flexibility index (Phi) is 3.79. The van der Waals surface area contributed by atoms with Crippen LogP contribution in [0.4, 0.5) is 5.82 Å². The van der Waals surface area contributed by atoms with Gasteiger partial charge >= 0.3 is 0 Å². The molecule has 2 aliphatic rings. The van der Waals surface area contributed by atoms with E-state index in [1.54, 1.807) is 18.9 Å². The van der Waals surface area contributed by atoms with E-state index in [1.165, 1.54) is 0 Å². The van der Waals surface area contributed by atoms with Gasteiger partial charge in [0.05, 0.1) is 23.0 Å². The molecule has 0 amide bonds. The largest absolute Gasteiger partial charge is 0.493 e. The second kappa shape index (κ2) is 5.87. The number of hydrogen-bond donors (Lipinski definition) is 1. The summed E-state index contributed by atoms with van der Waals surface area (Å²) in [6, 6.07) is 3.93. The van der Waals surface area contributed by atoms with Gasteiger partial charge in [0, 0.05) is 6.04 Å². The summed E-state index contributed by atoms with van der Waals surface area (Å²) in [4.78, 5) is 17.2. The number of hydrogen-bond acceptors (Lipinski definition) is 6. The van der Waals surface area contributed by atoms with Crippen LogP contribution in [-0.4, -0.2) is 28.7 Å². The average molecular weight is 361 g/mol. The third-order valence-corrected chi connectivity index (χ3v) is 5.43. The molecule has 0 saturated carbocycles. The smallest absolute Gasteiger partial charge is 0.271 e. The Hall–Kier alpha value is -2.35. The number of aromatic nitrogens is 2. The number of thioether (sulfide) groups is 1. The summed E-state index contributed by atoms with van der Waals surface area (Å²) in [7, 11) is 1.59. The van der Waals surface area contributed by atoms with Crippen molar-refractivity contribution in [2.45, 2.75) is 32.1 Å². The maximum absolute atomic E-state index is 12.6. The van der Waals surface area contributed by atoms with Crippen LogP contribution >= 0.6 is 11.8 Å². The molecule has 0 fully saturated rings. The number of fused-ring (bicyclic) bond motifs is 2. The molecule has 0 spiro atoms. The zero-order chi connectivity index (χ0) is 17.7. The first kappa shape index (κ1) is 16.1. The highest BCUT2D eigenvalue weighted by Gasteiger charge is 2.32. The summed E-state index contributed by atoms with van der Waals surface area (Å²) in [5.41, 5.74) is 1.47. The minimum Gasteiger partial charge on any atom is -0.493 e. The monoisotopic (exact) mass is 361 g/mol. The van der Waals surface area contributed by atoms with Crippen molar-refractivity contribution in [3.63, 3.8) is 0 Å². The second-order valence-corrected chi connectivity index (χ2v) is 7.53. The molecule has 25 heavy (non-hydrogen) atoms. The van der Waals surface area contributed by atoms with Crippen molar-refractivity contribution in [1.29, 1.82) is 0 Å². The highest BCUT2D eigenvalue weighted by atomic mass is 32.2. The molecule has 0 aliphatic carbocycles. The predicted octanol–water partition coefficient (Wildman–Crippen LogP) is 3.38. The summed E-state index contributed by atoms with van der Waals surface area (Å²) in [5, 5.41) is 3.63. The van der Waals surface area contributed by atoms with Crippen LogP contribution in [0, 0.1) is 0 Å². The molecular weight excluding hydrogens is 342 g/mol.